The van der Waals surface area contributed by atoms with E-state index in [0.29, 0.717) is 24.1 Å². The second kappa shape index (κ2) is 4.81. The largest absolute Gasteiger partial charge is 0.476 e. The molecular formula is C10H13BrN2O2. The van der Waals surface area contributed by atoms with Gasteiger partial charge in [0, 0.05) is 12.5 Å². The predicted octanol–water partition coefficient (Wildman–Crippen LogP) is 1.84. The van der Waals surface area contributed by atoms with Gasteiger partial charge in [0.05, 0.1) is 29.6 Å². The molecule has 1 atom stereocenters. The van der Waals surface area contributed by atoms with Crippen LogP contribution >= 0.6 is 15.9 Å². The molecule has 0 aromatic carbocycles. The van der Waals surface area contributed by atoms with Gasteiger partial charge in [-0.05, 0) is 28.4 Å². The van der Waals surface area contributed by atoms with Gasteiger partial charge in [0.15, 0.2) is 0 Å². The van der Waals surface area contributed by atoms with E-state index in [-0.39, 0.29) is 0 Å². The molecule has 4 nitrogen and oxygen atoms in total. The molecule has 0 bridgehead atoms. The lowest BCUT2D eigenvalue weighted by Crippen LogP contribution is -2.12. The molecule has 0 saturated carbocycles. The summed E-state index contributed by atoms with van der Waals surface area (Å²) in [5.41, 5.74) is 6.20. The average Bonchev–Trinajstić information content (AvgIpc) is 2.69. The van der Waals surface area contributed by atoms with E-state index in [9.17, 15) is 0 Å². The van der Waals surface area contributed by atoms with Crippen molar-refractivity contribution in [3.63, 3.8) is 0 Å². The van der Waals surface area contributed by atoms with Gasteiger partial charge in [0.25, 0.3) is 0 Å². The van der Waals surface area contributed by atoms with Crippen LogP contribution < -0.4 is 10.5 Å². The zero-order valence-corrected chi connectivity index (χ0v) is 9.87. The van der Waals surface area contributed by atoms with Crippen molar-refractivity contribution in [3.8, 4) is 5.88 Å². The molecule has 1 fully saturated rings. The van der Waals surface area contributed by atoms with E-state index in [0.717, 1.165) is 24.1 Å². The minimum atomic E-state index is 0.483. The Morgan fingerprint density at radius 2 is 2.53 bits per heavy atom. The topological polar surface area (TPSA) is 57.4 Å². The van der Waals surface area contributed by atoms with Crippen molar-refractivity contribution in [3.05, 3.63) is 16.7 Å². The molecule has 1 saturated heterocycles. The highest BCUT2D eigenvalue weighted by Gasteiger charge is 2.17. The monoisotopic (exact) mass is 272 g/mol. The first-order valence-corrected chi connectivity index (χ1v) is 5.66. The summed E-state index contributed by atoms with van der Waals surface area (Å²) in [6.07, 6.45) is 2.65. The molecule has 5 heteroatoms. The van der Waals surface area contributed by atoms with E-state index in [4.69, 9.17) is 15.2 Å². The van der Waals surface area contributed by atoms with Crippen LogP contribution in [-0.2, 0) is 4.74 Å². The summed E-state index contributed by atoms with van der Waals surface area (Å²) in [7, 11) is 0. The smallest absolute Gasteiger partial charge is 0.228 e. The predicted molar refractivity (Wildman–Crippen MR) is 60.8 cm³/mol. The highest BCUT2D eigenvalue weighted by Crippen LogP contribution is 2.25. The van der Waals surface area contributed by atoms with Crippen molar-refractivity contribution in [2.24, 2.45) is 5.92 Å². The molecule has 2 N–H and O–H groups in total. The van der Waals surface area contributed by atoms with Crippen LogP contribution in [0.1, 0.15) is 6.42 Å². The van der Waals surface area contributed by atoms with E-state index in [1.165, 1.54) is 0 Å². The summed E-state index contributed by atoms with van der Waals surface area (Å²) in [5, 5.41) is 0. The lowest BCUT2D eigenvalue weighted by atomic mass is 10.1. The summed E-state index contributed by atoms with van der Waals surface area (Å²) in [4.78, 5) is 4.10. The number of hydrogen-bond acceptors (Lipinski definition) is 4. The Morgan fingerprint density at radius 1 is 1.67 bits per heavy atom. The molecule has 1 aromatic rings. The molecule has 0 amide bonds. The van der Waals surface area contributed by atoms with E-state index in [1.54, 1.807) is 12.3 Å². The molecule has 0 radical (unpaired) electrons. The number of pyridine rings is 1. The number of aromatic nitrogens is 1. The maximum Gasteiger partial charge on any atom is 0.228 e. The van der Waals surface area contributed by atoms with E-state index in [2.05, 4.69) is 20.9 Å². The van der Waals surface area contributed by atoms with Gasteiger partial charge >= 0.3 is 0 Å². The van der Waals surface area contributed by atoms with Crippen LogP contribution in [0.5, 0.6) is 5.88 Å². The third kappa shape index (κ3) is 2.82. The first kappa shape index (κ1) is 10.7. The zero-order valence-electron chi connectivity index (χ0n) is 8.28. The Labute approximate surface area is 96.9 Å². The molecule has 1 aliphatic rings. The standard InChI is InChI=1S/C10H13BrN2O2/c11-9-3-8(12)4-13-10(9)15-6-7-1-2-14-5-7/h3-4,7H,1-2,5-6,12H2. The lowest BCUT2D eigenvalue weighted by Gasteiger charge is -2.10. The van der Waals surface area contributed by atoms with Crippen molar-refractivity contribution in [2.45, 2.75) is 6.42 Å². The summed E-state index contributed by atoms with van der Waals surface area (Å²) in [6, 6.07) is 1.79. The van der Waals surface area contributed by atoms with Crippen LogP contribution in [-0.4, -0.2) is 24.8 Å². The molecule has 1 aromatic heterocycles. The molecule has 0 aliphatic carbocycles. The molecule has 82 valence electrons. The normalized spacial score (nSPS) is 20.5. The van der Waals surface area contributed by atoms with Crippen molar-refractivity contribution < 1.29 is 9.47 Å². The van der Waals surface area contributed by atoms with Gasteiger partial charge in [-0.25, -0.2) is 4.98 Å². The molecule has 2 heterocycles. The van der Waals surface area contributed by atoms with Crippen molar-refractivity contribution >= 4 is 21.6 Å². The fourth-order valence-corrected chi connectivity index (χ4v) is 1.94. The first-order valence-electron chi connectivity index (χ1n) is 4.87. The quantitative estimate of drug-likeness (QED) is 0.913. The average molecular weight is 273 g/mol. The minimum Gasteiger partial charge on any atom is -0.476 e. The number of halogens is 1. The molecule has 1 unspecified atom stereocenters. The maximum atomic E-state index is 5.58. The second-order valence-corrected chi connectivity index (χ2v) is 4.45. The number of anilines is 1. The summed E-state index contributed by atoms with van der Waals surface area (Å²) >= 11 is 3.36. The van der Waals surface area contributed by atoms with Crippen molar-refractivity contribution in [2.75, 3.05) is 25.6 Å². The molecule has 2 rings (SSSR count). The van der Waals surface area contributed by atoms with Crippen molar-refractivity contribution in [1.29, 1.82) is 0 Å². The number of rotatable bonds is 3. The number of nitrogens with zero attached hydrogens (tertiary/aromatic N) is 1. The van der Waals surface area contributed by atoms with Gasteiger partial charge in [-0.2, -0.15) is 0 Å². The SMILES string of the molecule is Nc1cnc(OCC2CCOC2)c(Br)c1. The Hall–Kier alpha value is -0.810. The first-order chi connectivity index (χ1) is 7.25. The Morgan fingerprint density at radius 3 is 3.20 bits per heavy atom. The summed E-state index contributed by atoms with van der Waals surface area (Å²) in [5.74, 6) is 1.08. The van der Waals surface area contributed by atoms with Crippen LogP contribution in [0.15, 0.2) is 16.7 Å². The fourth-order valence-electron chi connectivity index (χ4n) is 1.46. The van der Waals surface area contributed by atoms with Crippen molar-refractivity contribution in [1.82, 2.24) is 4.98 Å². The Kier molecular flexibility index (Phi) is 3.43. The van der Waals surface area contributed by atoms with Crippen LogP contribution in [0.3, 0.4) is 0 Å². The van der Waals surface area contributed by atoms with Crippen LogP contribution in [0.2, 0.25) is 0 Å². The van der Waals surface area contributed by atoms with E-state index < -0.39 is 0 Å². The Balaban J connectivity index is 1.92. The number of nitrogen functional groups attached to an aromatic ring is 1. The van der Waals surface area contributed by atoms with Gasteiger partial charge in [-0.1, -0.05) is 0 Å². The molecule has 0 spiro atoms. The zero-order chi connectivity index (χ0) is 10.7. The van der Waals surface area contributed by atoms with Gasteiger partial charge in [-0.15, -0.1) is 0 Å². The van der Waals surface area contributed by atoms with E-state index in [1.807, 2.05) is 0 Å². The highest BCUT2D eigenvalue weighted by atomic mass is 79.9. The third-order valence-corrected chi connectivity index (χ3v) is 2.88. The lowest BCUT2D eigenvalue weighted by molar-refractivity contribution is 0.165. The Bertz CT molecular complexity index is 340. The van der Waals surface area contributed by atoms with Gasteiger partial charge < -0.3 is 15.2 Å². The highest BCUT2D eigenvalue weighted by molar-refractivity contribution is 9.10. The minimum absolute atomic E-state index is 0.483. The maximum absolute atomic E-state index is 5.58. The molecule has 1 aliphatic heterocycles. The van der Waals surface area contributed by atoms with Gasteiger partial charge in [0.1, 0.15) is 0 Å². The molecular weight excluding hydrogens is 260 g/mol. The third-order valence-electron chi connectivity index (χ3n) is 2.31. The number of ether oxygens (including phenoxy) is 2. The van der Waals surface area contributed by atoms with Gasteiger partial charge in [0.2, 0.25) is 5.88 Å². The van der Waals surface area contributed by atoms with Gasteiger partial charge in [-0.3, -0.25) is 0 Å². The van der Waals surface area contributed by atoms with Crippen LogP contribution in [0.4, 0.5) is 5.69 Å². The number of nitrogens with two attached hydrogens (primary N) is 1. The van der Waals surface area contributed by atoms with E-state index >= 15 is 0 Å². The number of hydrogen-bond donors (Lipinski definition) is 1. The van der Waals surface area contributed by atoms with Crippen LogP contribution in [0.25, 0.3) is 0 Å². The van der Waals surface area contributed by atoms with Crippen LogP contribution in [0, 0.1) is 5.92 Å². The summed E-state index contributed by atoms with van der Waals surface area (Å²) < 4.78 is 11.6. The molecule has 15 heavy (non-hydrogen) atoms. The second-order valence-electron chi connectivity index (χ2n) is 3.60. The fraction of sp³-hybridized carbons (Fsp3) is 0.500. The summed E-state index contributed by atoms with van der Waals surface area (Å²) in [6.45, 7) is 2.27.